The van der Waals surface area contributed by atoms with Crippen LogP contribution in [0, 0.1) is 0 Å². The van der Waals surface area contributed by atoms with Gasteiger partial charge >= 0.3 is 0 Å². The van der Waals surface area contributed by atoms with Crippen LogP contribution in [0.1, 0.15) is 5.69 Å². The summed E-state index contributed by atoms with van der Waals surface area (Å²) in [6.45, 7) is 0. The van der Waals surface area contributed by atoms with Gasteiger partial charge in [0.05, 0.1) is 36.5 Å². The number of halogens is 2. The summed E-state index contributed by atoms with van der Waals surface area (Å²) in [5, 5.41) is 2.83. The topological polar surface area (TPSA) is 30.0 Å². The van der Waals surface area contributed by atoms with Gasteiger partial charge in [-0.3, -0.25) is 9.19 Å². The molecule has 0 bridgehead atoms. The van der Waals surface area contributed by atoms with Crippen LogP contribution in [0.2, 0.25) is 10.0 Å². The zero-order valence-corrected chi connectivity index (χ0v) is 11.2. The fourth-order valence-electron chi connectivity index (χ4n) is 1.14. The maximum atomic E-state index is 11.9. The number of rotatable bonds is 3. The Morgan fingerprint density at radius 3 is 2.88 bits per heavy atom. The summed E-state index contributed by atoms with van der Waals surface area (Å²) < 4.78 is 12.7. The van der Waals surface area contributed by atoms with Crippen molar-refractivity contribution < 1.29 is 4.21 Å². The van der Waals surface area contributed by atoms with Crippen LogP contribution < -0.4 is 0 Å². The van der Waals surface area contributed by atoms with Crippen LogP contribution >= 0.6 is 34.5 Å². The molecule has 0 saturated heterocycles. The van der Waals surface area contributed by atoms with Crippen molar-refractivity contribution in [2.45, 2.75) is 9.96 Å². The second kappa shape index (κ2) is 5.27. The summed E-state index contributed by atoms with van der Waals surface area (Å²) in [6.07, 6.45) is 1.51. The first kappa shape index (κ1) is 12.0. The van der Waals surface area contributed by atoms with Crippen molar-refractivity contribution in [2.75, 3.05) is 0 Å². The van der Waals surface area contributed by atoms with Gasteiger partial charge < -0.3 is 0 Å². The average Bonchev–Trinajstić information content (AvgIpc) is 2.75. The Balaban J connectivity index is 2.18. The van der Waals surface area contributed by atoms with Gasteiger partial charge in [0.2, 0.25) is 0 Å². The Hall–Kier alpha value is -0.420. The second-order valence-electron chi connectivity index (χ2n) is 3.00. The molecule has 0 aromatic carbocycles. The Kier molecular flexibility index (Phi) is 3.97. The lowest BCUT2D eigenvalue weighted by atomic mass is 10.4. The molecular formula is C10H7Cl2NOS2. The first-order valence-corrected chi connectivity index (χ1v) is 7.34. The van der Waals surface area contributed by atoms with Gasteiger partial charge in [-0.2, -0.15) is 0 Å². The highest BCUT2D eigenvalue weighted by molar-refractivity contribution is 7.86. The van der Waals surface area contributed by atoms with Gasteiger partial charge in [-0.25, -0.2) is 0 Å². The van der Waals surface area contributed by atoms with Crippen LogP contribution in [0.3, 0.4) is 0 Å². The van der Waals surface area contributed by atoms with Crippen molar-refractivity contribution in [2.24, 2.45) is 0 Å². The largest absolute Gasteiger partial charge is 0.257 e. The molecule has 84 valence electrons. The molecule has 2 aromatic rings. The molecule has 0 aliphatic carbocycles. The Labute approximate surface area is 110 Å². The van der Waals surface area contributed by atoms with E-state index in [1.165, 1.54) is 17.5 Å². The predicted molar refractivity (Wildman–Crippen MR) is 68.7 cm³/mol. The summed E-state index contributed by atoms with van der Waals surface area (Å²) in [7, 11) is -1.09. The Morgan fingerprint density at radius 1 is 1.44 bits per heavy atom. The highest BCUT2D eigenvalue weighted by Gasteiger charge is 2.10. The van der Waals surface area contributed by atoms with Crippen molar-refractivity contribution in [1.82, 2.24) is 4.98 Å². The van der Waals surface area contributed by atoms with Gasteiger partial charge in [0.25, 0.3) is 0 Å². The van der Waals surface area contributed by atoms with E-state index in [0.29, 0.717) is 21.5 Å². The van der Waals surface area contributed by atoms with Gasteiger partial charge in [-0.15, -0.1) is 11.3 Å². The van der Waals surface area contributed by atoms with Crippen molar-refractivity contribution >= 4 is 45.3 Å². The van der Waals surface area contributed by atoms with Gasteiger partial charge in [0.15, 0.2) is 0 Å². The average molecular weight is 292 g/mol. The lowest BCUT2D eigenvalue weighted by molar-refractivity contribution is 0.683. The van der Waals surface area contributed by atoms with E-state index in [4.69, 9.17) is 23.2 Å². The first-order valence-electron chi connectivity index (χ1n) is 4.38. The van der Waals surface area contributed by atoms with Crippen LogP contribution in [-0.2, 0) is 16.6 Å². The number of hydrogen-bond donors (Lipinski definition) is 0. The quantitative estimate of drug-likeness (QED) is 0.862. The molecule has 0 aliphatic heterocycles. The van der Waals surface area contributed by atoms with Gasteiger partial charge in [-0.1, -0.05) is 29.3 Å². The number of hydrogen-bond acceptors (Lipinski definition) is 3. The van der Waals surface area contributed by atoms with E-state index in [-0.39, 0.29) is 0 Å². The summed E-state index contributed by atoms with van der Waals surface area (Å²) in [6, 6.07) is 5.32. The fraction of sp³-hybridized carbons (Fsp3) is 0.100. The summed E-state index contributed by atoms with van der Waals surface area (Å²) in [5.41, 5.74) is 0.609. The molecule has 0 N–H and O–H groups in total. The maximum absolute atomic E-state index is 11.9. The Bertz CT molecular complexity index is 514. The third kappa shape index (κ3) is 2.83. The Morgan fingerprint density at radius 2 is 2.25 bits per heavy atom. The minimum absolute atomic E-state index is 0.316. The molecule has 1 atom stereocenters. The van der Waals surface area contributed by atoms with Crippen LogP contribution in [0.25, 0.3) is 0 Å². The second-order valence-corrected chi connectivity index (χ2v) is 6.47. The molecule has 2 aromatic heterocycles. The van der Waals surface area contributed by atoms with Crippen LogP contribution in [-0.4, -0.2) is 9.19 Å². The molecule has 2 rings (SSSR count). The summed E-state index contributed by atoms with van der Waals surface area (Å²) in [5.74, 6) is 0.316. The number of nitrogens with zero attached hydrogens (tertiary/aromatic N) is 1. The van der Waals surface area contributed by atoms with E-state index in [9.17, 15) is 4.21 Å². The van der Waals surface area contributed by atoms with Crippen molar-refractivity contribution in [3.05, 3.63) is 45.5 Å². The smallest absolute Gasteiger partial charge is 0.0914 e. The lowest BCUT2D eigenvalue weighted by Gasteiger charge is -2.02. The lowest BCUT2D eigenvalue weighted by Crippen LogP contribution is -1.97. The highest BCUT2D eigenvalue weighted by atomic mass is 35.5. The van der Waals surface area contributed by atoms with Gasteiger partial charge in [0, 0.05) is 6.20 Å². The van der Waals surface area contributed by atoms with E-state index in [2.05, 4.69) is 4.98 Å². The predicted octanol–water partition coefficient (Wildman–Crippen LogP) is 3.76. The molecule has 0 saturated carbocycles. The van der Waals surface area contributed by atoms with Crippen molar-refractivity contribution in [3.63, 3.8) is 0 Å². The minimum atomic E-state index is -1.09. The summed E-state index contributed by atoms with van der Waals surface area (Å²) in [4.78, 5) is 4.08. The maximum Gasteiger partial charge on any atom is 0.0914 e. The van der Waals surface area contributed by atoms with E-state index < -0.39 is 10.8 Å². The monoisotopic (exact) mass is 291 g/mol. The molecule has 0 fully saturated rings. The van der Waals surface area contributed by atoms with Gasteiger partial charge in [0.1, 0.15) is 0 Å². The standard InChI is InChI=1S/C10H7Cl2NOS2/c11-7-4-8(12)9(13-5-7)6-16(14)10-2-1-3-15-10/h1-5H,6H2. The first-order chi connectivity index (χ1) is 7.66. The SMILES string of the molecule is O=S(Cc1ncc(Cl)cc1Cl)c1cccs1. The third-order valence-electron chi connectivity index (χ3n) is 1.87. The zero-order valence-electron chi connectivity index (χ0n) is 8.02. The molecular weight excluding hydrogens is 285 g/mol. The van der Waals surface area contributed by atoms with Crippen molar-refractivity contribution in [3.8, 4) is 0 Å². The molecule has 2 heterocycles. The molecule has 0 amide bonds. The molecule has 16 heavy (non-hydrogen) atoms. The van der Waals surface area contributed by atoms with E-state index in [0.717, 1.165) is 4.21 Å². The van der Waals surface area contributed by atoms with E-state index >= 15 is 0 Å². The molecule has 1 unspecified atom stereocenters. The van der Waals surface area contributed by atoms with E-state index in [1.54, 1.807) is 6.07 Å². The highest BCUT2D eigenvalue weighted by Crippen LogP contribution is 2.22. The molecule has 0 aliphatic rings. The van der Waals surface area contributed by atoms with Crippen LogP contribution in [0.4, 0.5) is 0 Å². The van der Waals surface area contributed by atoms with Gasteiger partial charge in [-0.05, 0) is 17.5 Å². The third-order valence-corrected chi connectivity index (χ3v) is 5.03. The molecule has 0 spiro atoms. The van der Waals surface area contributed by atoms with E-state index in [1.807, 2.05) is 17.5 Å². The van der Waals surface area contributed by atoms with Crippen molar-refractivity contribution in [1.29, 1.82) is 0 Å². The summed E-state index contributed by atoms with van der Waals surface area (Å²) >= 11 is 13.2. The molecule has 2 nitrogen and oxygen atoms in total. The normalized spacial score (nSPS) is 12.6. The molecule has 6 heteroatoms. The molecule has 0 radical (unpaired) electrons. The zero-order chi connectivity index (χ0) is 11.5. The minimum Gasteiger partial charge on any atom is -0.257 e. The fourth-order valence-corrected chi connectivity index (χ4v) is 3.74. The van der Waals surface area contributed by atoms with Crippen LogP contribution in [0.15, 0.2) is 34.0 Å². The number of thiophene rings is 1. The number of aromatic nitrogens is 1. The van der Waals surface area contributed by atoms with Crippen LogP contribution in [0.5, 0.6) is 0 Å². The number of pyridine rings is 1.